The summed E-state index contributed by atoms with van der Waals surface area (Å²) in [6.45, 7) is 1.31. The lowest BCUT2D eigenvalue weighted by Crippen LogP contribution is -2.34. The van der Waals surface area contributed by atoms with Gasteiger partial charge in [0.05, 0.1) is 17.8 Å². The molecular weight excluding hydrogens is 248 g/mol. The molecule has 0 amide bonds. The van der Waals surface area contributed by atoms with Gasteiger partial charge < -0.3 is 10.1 Å². The van der Waals surface area contributed by atoms with Crippen LogP contribution in [0.15, 0.2) is 36.4 Å². The second-order valence-corrected chi connectivity index (χ2v) is 4.49. The molecule has 2 rings (SSSR count). The topological polar surface area (TPSA) is 34.1 Å². The summed E-state index contributed by atoms with van der Waals surface area (Å²) < 4.78 is 5.09. The fraction of sp³-hybridized carbons (Fsp3) is 0.357. The van der Waals surface area contributed by atoms with Gasteiger partial charge in [-0.05, 0) is 12.1 Å². The number of hydrogen-bond acceptors (Lipinski definition) is 3. The van der Waals surface area contributed by atoms with Crippen LogP contribution in [-0.2, 0) is 11.3 Å². The maximum atomic E-state index is 5.84. The molecule has 0 saturated carbocycles. The van der Waals surface area contributed by atoms with E-state index < -0.39 is 0 Å². The van der Waals surface area contributed by atoms with E-state index in [1.165, 1.54) is 0 Å². The van der Waals surface area contributed by atoms with E-state index in [1.54, 1.807) is 7.11 Å². The molecule has 0 aliphatic carbocycles. The molecule has 1 heterocycles. The number of halogens is 1. The van der Waals surface area contributed by atoms with Crippen molar-refractivity contribution in [1.29, 1.82) is 0 Å². The molecule has 18 heavy (non-hydrogen) atoms. The fourth-order valence-electron chi connectivity index (χ4n) is 1.81. The van der Waals surface area contributed by atoms with Crippen molar-refractivity contribution in [2.75, 3.05) is 19.6 Å². The molecule has 1 atom stereocenters. The first kappa shape index (κ1) is 13.3. The van der Waals surface area contributed by atoms with Gasteiger partial charge in [0.1, 0.15) is 0 Å². The number of hydrogen-bond donors (Lipinski definition) is 1. The Kier molecular flexibility index (Phi) is 4.93. The molecule has 4 heteroatoms. The number of para-hydroxylation sites is 1. The summed E-state index contributed by atoms with van der Waals surface area (Å²) in [4.78, 5) is 4.60. The Morgan fingerprint density at radius 1 is 1.28 bits per heavy atom. The van der Waals surface area contributed by atoms with Gasteiger partial charge in [0.2, 0.25) is 0 Å². The number of aromatic nitrogens is 1. The molecule has 0 bridgehead atoms. The number of benzene rings is 1. The third-order valence-corrected chi connectivity index (χ3v) is 3.15. The zero-order valence-corrected chi connectivity index (χ0v) is 11.2. The van der Waals surface area contributed by atoms with Crippen LogP contribution in [0, 0.1) is 0 Å². The summed E-state index contributed by atoms with van der Waals surface area (Å²) in [5, 5.41) is 4.49. The second kappa shape index (κ2) is 6.69. The molecule has 1 unspecified atom stereocenters. The van der Waals surface area contributed by atoms with Crippen molar-refractivity contribution in [2.45, 2.75) is 12.6 Å². The van der Waals surface area contributed by atoms with Crippen molar-refractivity contribution in [1.82, 2.24) is 10.3 Å². The normalized spacial score (nSPS) is 12.8. The maximum Gasteiger partial charge on any atom is 0.0705 e. The fourth-order valence-corrected chi connectivity index (χ4v) is 2.01. The Labute approximate surface area is 112 Å². The number of ether oxygens (including phenoxy) is 1. The molecule has 0 saturated heterocycles. The van der Waals surface area contributed by atoms with E-state index in [9.17, 15) is 0 Å². The number of nitrogens with zero attached hydrogens (tertiary/aromatic N) is 1. The molecule has 2 aromatic rings. The van der Waals surface area contributed by atoms with Crippen LogP contribution in [0.4, 0.5) is 0 Å². The van der Waals surface area contributed by atoms with E-state index in [1.807, 2.05) is 24.3 Å². The zero-order valence-electron chi connectivity index (χ0n) is 10.4. The lowest BCUT2D eigenvalue weighted by molar-refractivity contribution is 0.172. The van der Waals surface area contributed by atoms with Gasteiger partial charge in [0.15, 0.2) is 0 Å². The highest BCUT2D eigenvalue weighted by Crippen LogP contribution is 2.11. The lowest BCUT2D eigenvalue weighted by Gasteiger charge is -2.14. The highest BCUT2D eigenvalue weighted by molar-refractivity contribution is 6.18. The Hall–Kier alpha value is -1.16. The van der Waals surface area contributed by atoms with Crippen LogP contribution in [0.3, 0.4) is 0 Å². The second-order valence-electron chi connectivity index (χ2n) is 4.18. The number of nitrogens with one attached hydrogen (secondary N) is 1. The summed E-state index contributed by atoms with van der Waals surface area (Å²) in [5.74, 6) is 0.529. The average Bonchev–Trinajstić information content (AvgIpc) is 2.43. The molecule has 1 aromatic carbocycles. The predicted molar refractivity (Wildman–Crippen MR) is 75.0 cm³/mol. The number of rotatable bonds is 6. The molecule has 0 radical (unpaired) electrons. The van der Waals surface area contributed by atoms with Crippen molar-refractivity contribution in [3.63, 3.8) is 0 Å². The van der Waals surface area contributed by atoms with E-state index in [2.05, 4.69) is 22.4 Å². The van der Waals surface area contributed by atoms with Crippen molar-refractivity contribution < 1.29 is 4.74 Å². The number of methoxy groups -OCH3 is 1. The van der Waals surface area contributed by atoms with Crippen LogP contribution in [0.1, 0.15) is 5.69 Å². The minimum Gasteiger partial charge on any atom is -0.383 e. The van der Waals surface area contributed by atoms with Gasteiger partial charge in [-0.2, -0.15) is 0 Å². The first-order valence-electron chi connectivity index (χ1n) is 5.96. The van der Waals surface area contributed by atoms with Crippen LogP contribution >= 0.6 is 11.6 Å². The highest BCUT2D eigenvalue weighted by atomic mass is 35.5. The molecule has 0 aliphatic heterocycles. The number of alkyl halides is 1. The Balaban J connectivity index is 2.03. The van der Waals surface area contributed by atoms with Gasteiger partial charge in [-0.15, -0.1) is 11.6 Å². The highest BCUT2D eigenvalue weighted by Gasteiger charge is 2.06. The van der Waals surface area contributed by atoms with Gasteiger partial charge in [-0.1, -0.05) is 24.3 Å². The minimum atomic E-state index is 0.157. The van der Waals surface area contributed by atoms with Crippen LogP contribution in [0.5, 0.6) is 0 Å². The standard InChI is InChI=1S/C14H17ClN2O/c1-18-10-13(8-15)16-9-12-7-6-11-4-2-3-5-14(11)17-12/h2-7,13,16H,8-10H2,1H3. The molecule has 1 N–H and O–H groups in total. The van der Waals surface area contributed by atoms with Crippen molar-refractivity contribution >= 4 is 22.5 Å². The Bertz CT molecular complexity index is 504. The summed E-state index contributed by atoms with van der Waals surface area (Å²) in [6, 6.07) is 12.4. The van der Waals surface area contributed by atoms with E-state index >= 15 is 0 Å². The largest absolute Gasteiger partial charge is 0.383 e. The van der Waals surface area contributed by atoms with E-state index in [0.717, 1.165) is 16.6 Å². The van der Waals surface area contributed by atoms with Crippen LogP contribution in [0.2, 0.25) is 0 Å². The monoisotopic (exact) mass is 264 g/mol. The summed E-state index contributed by atoms with van der Waals surface area (Å²) in [6.07, 6.45) is 0. The van der Waals surface area contributed by atoms with Gasteiger partial charge in [-0.25, -0.2) is 0 Å². The van der Waals surface area contributed by atoms with Crippen molar-refractivity contribution in [3.05, 3.63) is 42.1 Å². The SMILES string of the molecule is COCC(CCl)NCc1ccc2ccccc2n1. The minimum absolute atomic E-state index is 0.157. The summed E-state index contributed by atoms with van der Waals surface area (Å²) in [5.41, 5.74) is 2.03. The van der Waals surface area contributed by atoms with Gasteiger partial charge in [0, 0.05) is 31.0 Å². The van der Waals surface area contributed by atoms with Gasteiger partial charge in [-0.3, -0.25) is 4.98 Å². The molecule has 0 aliphatic rings. The van der Waals surface area contributed by atoms with Crippen molar-refractivity contribution in [3.8, 4) is 0 Å². The van der Waals surface area contributed by atoms with Crippen molar-refractivity contribution in [2.24, 2.45) is 0 Å². The van der Waals surface area contributed by atoms with Gasteiger partial charge >= 0.3 is 0 Å². The van der Waals surface area contributed by atoms with E-state index in [0.29, 0.717) is 19.0 Å². The third kappa shape index (κ3) is 3.42. The average molecular weight is 265 g/mol. The Morgan fingerprint density at radius 3 is 2.89 bits per heavy atom. The third-order valence-electron chi connectivity index (χ3n) is 2.78. The molecule has 0 fully saturated rings. The first-order chi connectivity index (χ1) is 8.83. The first-order valence-corrected chi connectivity index (χ1v) is 6.50. The smallest absolute Gasteiger partial charge is 0.0705 e. The quantitative estimate of drug-likeness (QED) is 0.815. The van der Waals surface area contributed by atoms with E-state index in [-0.39, 0.29) is 6.04 Å². The maximum absolute atomic E-state index is 5.84. The van der Waals surface area contributed by atoms with Crippen LogP contribution in [0.25, 0.3) is 10.9 Å². The van der Waals surface area contributed by atoms with E-state index in [4.69, 9.17) is 16.3 Å². The predicted octanol–water partition coefficient (Wildman–Crippen LogP) is 2.58. The summed E-state index contributed by atoms with van der Waals surface area (Å²) >= 11 is 5.84. The number of fused-ring (bicyclic) bond motifs is 1. The molecule has 96 valence electrons. The lowest BCUT2D eigenvalue weighted by atomic mass is 10.2. The summed E-state index contributed by atoms with van der Waals surface area (Å²) in [7, 11) is 1.68. The van der Waals surface area contributed by atoms with Crippen LogP contribution < -0.4 is 5.32 Å². The molecule has 1 aromatic heterocycles. The van der Waals surface area contributed by atoms with Gasteiger partial charge in [0.25, 0.3) is 0 Å². The van der Waals surface area contributed by atoms with Crippen LogP contribution in [-0.4, -0.2) is 30.6 Å². The zero-order chi connectivity index (χ0) is 12.8. The number of pyridine rings is 1. The Morgan fingerprint density at radius 2 is 2.11 bits per heavy atom. The molecular formula is C14H17ClN2O. The molecule has 3 nitrogen and oxygen atoms in total. The molecule has 0 spiro atoms.